The lowest BCUT2D eigenvalue weighted by Crippen LogP contribution is -2.57. The molecule has 0 bridgehead atoms. The molecular formula is C22H46N2O3S. The quantitative estimate of drug-likeness (QED) is 0.460. The maximum atomic E-state index is 13.3. The fraction of sp³-hybridized carbons (Fsp3) is 0.955. The average molecular weight is 419 g/mol. The van der Waals surface area contributed by atoms with E-state index in [2.05, 4.69) is 26.5 Å². The summed E-state index contributed by atoms with van der Waals surface area (Å²) in [5, 5.41) is 0. The smallest absolute Gasteiger partial charge is 0.225 e. The van der Waals surface area contributed by atoms with E-state index in [1.54, 1.807) is 7.11 Å². The lowest BCUT2D eigenvalue weighted by molar-refractivity contribution is -0.145. The van der Waals surface area contributed by atoms with Gasteiger partial charge in [0.15, 0.2) is 0 Å². The number of carbonyl (C=O) groups excluding carboxylic acids is 1. The van der Waals surface area contributed by atoms with Crippen molar-refractivity contribution in [2.45, 2.75) is 116 Å². The standard InChI is InChI=1S/C22H46N2O3S/c1-18(2,23)15-19(3,4)24(16-22(9,10)28)17(25)14-21(7,8)27-13-12-20(5,6)26-11/h28H,12-16,23H2,1-11H3. The average Bonchev–Trinajstić information content (AvgIpc) is 2.40. The second kappa shape index (κ2) is 9.67. The number of thiol groups is 1. The van der Waals surface area contributed by atoms with Crippen molar-refractivity contribution in [1.82, 2.24) is 4.90 Å². The van der Waals surface area contributed by atoms with Gasteiger partial charge in [-0.2, -0.15) is 12.6 Å². The van der Waals surface area contributed by atoms with Crippen LogP contribution in [0.4, 0.5) is 0 Å². The molecule has 0 aromatic carbocycles. The highest BCUT2D eigenvalue weighted by Crippen LogP contribution is 2.30. The summed E-state index contributed by atoms with van der Waals surface area (Å²) in [6, 6.07) is 0. The van der Waals surface area contributed by atoms with Crippen LogP contribution in [0.15, 0.2) is 0 Å². The van der Waals surface area contributed by atoms with E-state index >= 15 is 0 Å². The highest BCUT2D eigenvalue weighted by Gasteiger charge is 2.39. The van der Waals surface area contributed by atoms with Gasteiger partial charge in [-0.15, -0.1) is 0 Å². The number of rotatable bonds is 12. The third kappa shape index (κ3) is 11.6. The summed E-state index contributed by atoms with van der Waals surface area (Å²) < 4.78 is 11.2. The number of nitrogens with two attached hydrogens (primary N) is 1. The molecule has 0 radical (unpaired) electrons. The van der Waals surface area contributed by atoms with Gasteiger partial charge in [-0.25, -0.2) is 0 Å². The molecule has 0 saturated carbocycles. The fourth-order valence-electron chi connectivity index (χ4n) is 3.42. The number of methoxy groups -OCH3 is 1. The highest BCUT2D eigenvalue weighted by atomic mass is 32.1. The Bertz CT molecular complexity index is 503. The molecule has 0 atom stereocenters. The molecule has 5 nitrogen and oxygen atoms in total. The molecule has 0 fully saturated rings. The van der Waals surface area contributed by atoms with E-state index in [0.29, 0.717) is 26.0 Å². The lowest BCUT2D eigenvalue weighted by Gasteiger charge is -2.45. The maximum Gasteiger partial charge on any atom is 0.225 e. The SMILES string of the molecule is COC(C)(C)CCOC(C)(C)CC(=O)N(CC(C)(C)S)C(C)(C)CC(C)(C)N. The maximum absolute atomic E-state index is 13.3. The number of hydrogen-bond donors (Lipinski definition) is 2. The fourth-order valence-corrected chi connectivity index (χ4v) is 3.56. The minimum atomic E-state index is -0.561. The van der Waals surface area contributed by atoms with Crippen molar-refractivity contribution >= 4 is 18.5 Å². The third-order valence-electron chi connectivity index (χ3n) is 4.79. The molecule has 0 saturated heterocycles. The van der Waals surface area contributed by atoms with Crippen molar-refractivity contribution < 1.29 is 14.3 Å². The Hall–Kier alpha value is -0.300. The van der Waals surface area contributed by atoms with Gasteiger partial charge in [0.2, 0.25) is 5.91 Å². The second-order valence-electron chi connectivity index (χ2n) is 11.3. The molecule has 0 aliphatic carbocycles. The van der Waals surface area contributed by atoms with Crippen LogP contribution in [0.1, 0.15) is 88.5 Å². The first kappa shape index (κ1) is 27.7. The van der Waals surface area contributed by atoms with Crippen LogP contribution in [-0.4, -0.2) is 58.1 Å². The Balaban J connectivity index is 5.28. The molecule has 0 aliphatic heterocycles. The highest BCUT2D eigenvalue weighted by molar-refractivity contribution is 7.81. The summed E-state index contributed by atoms with van der Waals surface area (Å²) in [6.07, 6.45) is 1.76. The zero-order chi connectivity index (χ0) is 22.6. The zero-order valence-electron chi connectivity index (χ0n) is 20.2. The largest absolute Gasteiger partial charge is 0.379 e. The van der Waals surface area contributed by atoms with Gasteiger partial charge in [-0.1, -0.05) is 0 Å². The van der Waals surface area contributed by atoms with Crippen LogP contribution < -0.4 is 5.73 Å². The minimum Gasteiger partial charge on any atom is -0.379 e. The Kier molecular flexibility index (Phi) is 9.57. The minimum absolute atomic E-state index is 0.0624. The summed E-state index contributed by atoms with van der Waals surface area (Å²) in [4.78, 5) is 15.3. The van der Waals surface area contributed by atoms with Gasteiger partial charge < -0.3 is 20.1 Å². The van der Waals surface area contributed by atoms with E-state index in [1.807, 2.05) is 60.3 Å². The summed E-state index contributed by atoms with van der Waals surface area (Å²) in [5.41, 5.74) is 4.72. The van der Waals surface area contributed by atoms with Crippen molar-refractivity contribution in [3.8, 4) is 0 Å². The molecular weight excluding hydrogens is 372 g/mol. The van der Waals surface area contributed by atoms with Crippen molar-refractivity contribution in [2.24, 2.45) is 5.73 Å². The van der Waals surface area contributed by atoms with E-state index in [0.717, 1.165) is 6.42 Å². The zero-order valence-corrected chi connectivity index (χ0v) is 21.1. The predicted molar refractivity (Wildman–Crippen MR) is 122 cm³/mol. The Morgan fingerprint density at radius 2 is 1.46 bits per heavy atom. The first-order valence-corrected chi connectivity index (χ1v) is 10.7. The van der Waals surface area contributed by atoms with Crippen molar-refractivity contribution in [3.05, 3.63) is 0 Å². The number of carbonyl (C=O) groups is 1. The normalized spacial score (nSPS) is 14.3. The summed E-state index contributed by atoms with van der Waals surface area (Å²) in [7, 11) is 1.70. The Morgan fingerprint density at radius 3 is 1.86 bits per heavy atom. The third-order valence-corrected chi connectivity index (χ3v) is 4.93. The number of ether oxygens (including phenoxy) is 2. The predicted octanol–water partition coefficient (Wildman–Crippen LogP) is 4.43. The summed E-state index contributed by atoms with van der Waals surface area (Å²) >= 11 is 4.67. The monoisotopic (exact) mass is 418 g/mol. The van der Waals surface area contributed by atoms with Crippen LogP contribution in [0.3, 0.4) is 0 Å². The molecule has 1 amide bonds. The van der Waals surface area contributed by atoms with E-state index < -0.39 is 5.60 Å². The Morgan fingerprint density at radius 1 is 0.964 bits per heavy atom. The molecule has 0 aliphatic rings. The first-order chi connectivity index (χ1) is 12.2. The van der Waals surface area contributed by atoms with Gasteiger partial charge in [-0.3, -0.25) is 4.79 Å². The van der Waals surface area contributed by atoms with Gasteiger partial charge in [0.25, 0.3) is 0 Å². The molecule has 0 unspecified atom stereocenters. The van der Waals surface area contributed by atoms with Crippen molar-refractivity contribution in [3.63, 3.8) is 0 Å². The van der Waals surface area contributed by atoms with Crippen LogP contribution >= 0.6 is 12.6 Å². The van der Waals surface area contributed by atoms with E-state index in [-0.39, 0.29) is 27.3 Å². The van der Waals surface area contributed by atoms with Crippen LogP contribution in [0.2, 0.25) is 0 Å². The van der Waals surface area contributed by atoms with E-state index in [1.165, 1.54) is 0 Å². The topological polar surface area (TPSA) is 64.8 Å². The van der Waals surface area contributed by atoms with Gasteiger partial charge in [-0.05, 0) is 82.1 Å². The van der Waals surface area contributed by atoms with Crippen LogP contribution in [-0.2, 0) is 14.3 Å². The Labute approximate surface area is 179 Å². The molecule has 28 heavy (non-hydrogen) atoms. The van der Waals surface area contributed by atoms with Crippen molar-refractivity contribution in [1.29, 1.82) is 0 Å². The number of nitrogens with zero attached hydrogens (tertiary/aromatic N) is 1. The van der Waals surface area contributed by atoms with Crippen molar-refractivity contribution in [2.75, 3.05) is 20.3 Å². The summed E-state index contributed by atoms with van der Waals surface area (Å²) in [6.45, 7) is 21.3. The van der Waals surface area contributed by atoms with Gasteiger partial charge in [0.1, 0.15) is 0 Å². The lowest BCUT2D eigenvalue weighted by atomic mass is 9.85. The number of amides is 1. The second-order valence-corrected chi connectivity index (χ2v) is 12.5. The van der Waals surface area contributed by atoms with Gasteiger partial charge >= 0.3 is 0 Å². The van der Waals surface area contributed by atoms with E-state index in [4.69, 9.17) is 15.2 Å². The van der Waals surface area contributed by atoms with Crippen LogP contribution in [0.5, 0.6) is 0 Å². The molecule has 0 heterocycles. The van der Waals surface area contributed by atoms with Gasteiger partial charge in [0.05, 0.1) is 24.2 Å². The first-order valence-electron chi connectivity index (χ1n) is 10.2. The molecule has 6 heteroatoms. The molecule has 0 rings (SSSR count). The molecule has 0 spiro atoms. The molecule has 168 valence electrons. The molecule has 0 aromatic heterocycles. The van der Waals surface area contributed by atoms with E-state index in [9.17, 15) is 4.79 Å². The molecule has 2 N–H and O–H groups in total. The van der Waals surface area contributed by atoms with Crippen LogP contribution in [0.25, 0.3) is 0 Å². The van der Waals surface area contributed by atoms with Gasteiger partial charge in [0, 0.05) is 29.5 Å². The molecule has 0 aromatic rings. The number of hydrogen-bond acceptors (Lipinski definition) is 5. The summed E-state index contributed by atoms with van der Waals surface area (Å²) in [5.74, 6) is 0.0624. The van der Waals surface area contributed by atoms with Crippen LogP contribution in [0, 0.1) is 0 Å².